The highest BCUT2D eigenvalue weighted by Gasteiger charge is 2.17. The summed E-state index contributed by atoms with van der Waals surface area (Å²) in [4.78, 5) is 16.4. The number of ether oxygens (including phenoxy) is 1. The molecule has 0 saturated heterocycles. The Labute approximate surface area is 132 Å². The van der Waals surface area contributed by atoms with Gasteiger partial charge in [-0.3, -0.25) is 0 Å². The number of carbonyl (C=O) groups is 1. The van der Waals surface area contributed by atoms with E-state index in [-0.39, 0.29) is 22.5 Å². The molecule has 0 aliphatic carbocycles. The molecule has 8 heteroatoms. The first-order valence-electron chi connectivity index (χ1n) is 5.98. The number of nitrogens with one attached hydrogen (secondary N) is 1. The Kier molecular flexibility index (Phi) is 4.89. The largest absolute Gasteiger partial charge is 0.461 e. The van der Waals surface area contributed by atoms with Crippen LogP contribution >= 0.6 is 27.3 Å². The smallest absolute Gasteiger partial charge is 0.358 e. The summed E-state index contributed by atoms with van der Waals surface area (Å²) in [6, 6.07) is 2.03. The zero-order valence-corrected chi connectivity index (χ0v) is 13.6. The Hall–Kier alpha value is -1.54. The van der Waals surface area contributed by atoms with Crippen molar-refractivity contribution < 1.29 is 18.3 Å². The number of benzene rings is 1. The predicted octanol–water partition coefficient (Wildman–Crippen LogP) is 4.41. The normalized spacial score (nSPS) is 10.5. The summed E-state index contributed by atoms with van der Waals surface area (Å²) in [5.74, 6) is -1.97. The van der Waals surface area contributed by atoms with E-state index in [0.717, 1.165) is 6.07 Å². The van der Waals surface area contributed by atoms with Crippen LogP contribution in [0.15, 0.2) is 16.6 Å². The van der Waals surface area contributed by atoms with E-state index < -0.39 is 17.6 Å². The molecule has 0 saturated carbocycles. The van der Waals surface area contributed by atoms with Gasteiger partial charge in [0.05, 0.1) is 16.8 Å². The number of nitrogens with zero attached hydrogens (tertiary/aromatic N) is 1. The highest BCUT2D eigenvalue weighted by Crippen LogP contribution is 2.29. The molecule has 0 radical (unpaired) electrons. The zero-order chi connectivity index (χ0) is 15.6. The van der Waals surface area contributed by atoms with Crippen molar-refractivity contribution in [2.75, 3.05) is 11.9 Å². The number of hydrogen-bond donors (Lipinski definition) is 1. The number of aryl methyl sites for hydroxylation is 1. The molecule has 21 heavy (non-hydrogen) atoms. The van der Waals surface area contributed by atoms with Crippen molar-refractivity contribution in [2.45, 2.75) is 13.8 Å². The van der Waals surface area contributed by atoms with Crippen molar-refractivity contribution in [3.05, 3.63) is 38.8 Å². The monoisotopic (exact) mass is 376 g/mol. The molecule has 2 aromatic rings. The average molecular weight is 377 g/mol. The molecule has 1 aromatic carbocycles. The molecule has 0 bridgehead atoms. The summed E-state index contributed by atoms with van der Waals surface area (Å²) >= 11 is 4.17. The van der Waals surface area contributed by atoms with E-state index in [1.54, 1.807) is 13.8 Å². The van der Waals surface area contributed by atoms with Crippen LogP contribution in [0.2, 0.25) is 0 Å². The highest BCUT2D eigenvalue weighted by molar-refractivity contribution is 9.10. The molecule has 1 aromatic heterocycles. The van der Waals surface area contributed by atoms with Crippen molar-refractivity contribution >= 4 is 44.1 Å². The Balaban J connectivity index is 2.27. The minimum absolute atomic E-state index is 0.0624. The lowest BCUT2D eigenvalue weighted by molar-refractivity contribution is 0.0519. The van der Waals surface area contributed by atoms with Gasteiger partial charge in [-0.25, -0.2) is 18.6 Å². The standard InChI is InChI=1S/C13H11BrF2N2O2S/c1-3-20-12(19)11-6(2)21-13(18-11)17-10-4-7(14)8(15)5-9(10)16/h4-5H,3H2,1-2H3,(H,17,18). The van der Waals surface area contributed by atoms with E-state index in [2.05, 4.69) is 26.2 Å². The number of halogens is 3. The van der Waals surface area contributed by atoms with Crippen LogP contribution in [-0.4, -0.2) is 17.6 Å². The molecule has 0 aliphatic rings. The van der Waals surface area contributed by atoms with Gasteiger partial charge in [0, 0.05) is 10.9 Å². The number of aromatic nitrogens is 1. The third kappa shape index (κ3) is 3.56. The van der Waals surface area contributed by atoms with Crippen LogP contribution in [0.4, 0.5) is 19.6 Å². The predicted molar refractivity (Wildman–Crippen MR) is 80.1 cm³/mol. The Bertz CT molecular complexity index is 691. The molecular weight excluding hydrogens is 366 g/mol. The van der Waals surface area contributed by atoms with Gasteiger partial charge in [-0.05, 0) is 35.8 Å². The molecule has 0 fully saturated rings. The maximum Gasteiger partial charge on any atom is 0.358 e. The zero-order valence-electron chi connectivity index (χ0n) is 11.2. The van der Waals surface area contributed by atoms with Gasteiger partial charge >= 0.3 is 5.97 Å². The summed E-state index contributed by atoms with van der Waals surface area (Å²) in [7, 11) is 0. The molecule has 0 spiro atoms. The number of hydrogen-bond acceptors (Lipinski definition) is 5. The molecule has 0 unspecified atom stereocenters. The molecule has 2 rings (SSSR count). The van der Waals surface area contributed by atoms with Crippen molar-refractivity contribution in [1.29, 1.82) is 0 Å². The third-order valence-electron chi connectivity index (χ3n) is 2.52. The fourth-order valence-electron chi connectivity index (χ4n) is 1.57. The fraction of sp³-hybridized carbons (Fsp3) is 0.231. The SMILES string of the molecule is CCOC(=O)c1nc(Nc2cc(Br)c(F)cc2F)sc1C. The van der Waals surface area contributed by atoms with Crippen LogP contribution in [0.25, 0.3) is 0 Å². The van der Waals surface area contributed by atoms with Crippen LogP contribution in [0.3, 0.4) is 0 Å². The van der Waals surface area contributed by atoms with E-state index in [1.807, 2.05) is 0 Å². The minimum atomic E-state index is -0.749. The van der Waals surface area contributed by atoms with E-state index in [1.165, 1.54) is 17.4 Å². The lowest BCUT2D eigenvalue weighted by Gasteiger charge is -2.05. The lowest BCUT2D eigenvalue weighted by Crippen LogP contribution is -2.06. The molecule has 4 nitrogen and oxygen atoms in total. The number of thiazole rings is 1. The second-order valence-electron chi connectivity index (χ2n) is 4.02. The number of anilines is 2. The maximum absolute atomic E-state index is 13.7. The lowest BCUT2D eigenvalue weighted by atomic mass is 10.3. The van der Waals surface area contributed by atoms with E-state index in [0.29, 0.717) is 10.0 Å². The average Bonchev–Trinajstić information content (AvgIpc) is 2.77. The quantitative estimate of drug-likeness (QED) is 0.634. The molecule has 1 heterocycles. The van der Waals surface area contributed by atoms with Gasteiger partial charge in [-0.2, -0.15) is 0 Å². The fourth-order valence-corrected chi connectivity index (χ4v) is 2.73. The number of rotatable bonds is 4. The first kappa shape index (κ1) is 15.8. The van der Waals surface area contributed by atoms with Crippen LogP contribution in [-0.2, 0) is 4.74 Å². The van der Waals surface area contributed by atoms with E-state index in [4.69, 9.17) is 4.74 Å². The van der Waals surface area contributed by atoms with Gasteiger partial charge in [-0.15, -0.1) is 11.3 Å². The molecule has 0 aliphatic heterocycles. The molecular formula is C13H11BrF2N2O2S. The van der Waals surface area contributed by atoms with Crippen molar-refractivity contribution in [1.82, 2.24) is 4.98 Å². The van der Waals surface area contributed by atoms with Gasteiger partial charge in [0.25, 0.3) is 0 Å². The Morgan fingerprint density at radius 1 is 1.43 bits per heavy atom. The molecule has 0 atom stereocenters. The van der Waals surface area contributed by atoms with Crippen molar-refractivity contribution in [3.63, 3.8) is 0 Å². The van der Waals surface area contributed by atoms with Gasteiger partial charge < -0.3 is 10.1 Å². The first-order chi connectivity index (χ1) is 9.92. The Morgan fingerprint density at radius 3 is 2.81 bits per heavy atom. The van der Waals surface area contributed by atoms with Gasteiger partial charge in [0.2, 0.25) is 0 Å². The third-order valence-corrected chi connectivity index (χ3v) is 4.01. The minimum Gasteiger partial charge on any atom is -0.461 e. The summed E-state index contributed by atoms with van der Waals surface area (Å²) < 4.78 is 31.8. The summed E-state index contributed by atoms with van der Waals surface area (Å²) in [5, 5.41) is 3.05. The van der Waals surface area contributed by atoms with Crippen LogP contribution < -0.4 is 5.32 Å². The van der Waals surface area contributed by atoms with Gasteiger partial charge in [0.15, 0.2) is 10.8 Å². The second kappa shape index (κ2) is 6.48. The first-order valence-corrected chi connectivity index (χ1v) is 7.59. The van der Waals surface area contributed by atoms with Gasteiger partial charge in [0.1, 0.15) is 11.6 Å². The second-order valence-corrected chi connectivity index (χ2v) is 6.07. The number of carbonyl (C=O) groups excluding carboxylic acids is 1. The van der Waals surface area contributed by atoms with Crippen molar-refractivity contribution in [2.24, 2.45) is 0 Å². The highest BCUT2D eigenvalue weighted by atomic mass is 79.9. The molecule has 1 N–H and O–H groups in total. The maximum atomic E-state index is 13.7. The summed E-state index contributed by atoms with van der Waals surface area (Å²) in [5.41, 5.74) is 0.248. The van der Waals surface area contributed by atoms with Crippen LogP contribution in [0, 0.1) is 18.6 Å². The summed E-state index contributed by atoms with van der Waals surface area (Å²) in [6.07, 6.45) is 0. The topological polar surface area (TPSA) is 51.2 Å². The van der Waals surface area contributed by atoms with Crippen molar-refractivity contribution in [3.8, 4) is 0 Å². The number of esters is 1. The van der Waals surface area contributed by atoms with Crippen LogP contribution in [0.5, 0.6) is 0 Å². The van der Waals surface area contributed by atoms with Crippen LogP contribution in [0.1, 0.15) is 22.3 Å². The molecule has 0 amide bonds. The summed E-state index contributed by atoms with van der Waals surface area (Å²) in [6.45, 7) is 3.66. The van der Waals surface area contributed by atoms with E-state index >= 15 is 0 Å². The Morgan fingerprint density at radius 2 is 2.14 bits per heavy atom. The molecule has 112 valence electrons. The van der Waals surface area contributed by atoms with E-state index in [9.17, 15) is 13.6 Å². The van der Waals surface area contributed by atoms with Gasteiger partial charge in [-0.1, -0.05) is 0 Å².